The number of hydrogen-bond acceptors (Lipinski definition) is 4. The number of aromatic nitrogens is 1. The highest BCUT2D eigenvalue weighted by molar-refractivity contribution is 7.90. The van der Waals surface area contributed by atoms with Crippen molar-refractivity contribution in [2.75, 3.05) is 5.32 Å². The Balaban J connectivity index is 1.26. The second-order valence-electron chi connectivity index (χ2n) is 8.05. The van der Waals surface area contributed by atoms with E-state index in [-0.39, 0.29) is 16.6 Å². The number of aryl methyl sites for hydroxylation is 2. The molecule has 0 aliphatic carbocycles. The van der Waals surface area contributed by atoms with Crippen molar-refractivity contribution in [3.63, 3.8) is 0 Å². The molecule has 3 N–H and O–H groups in total. The third-order valence-electron chi connectivity index (χ3n) is 5.87. The molecule has 3 aromatic carbocycles. The van der Waals surface area contributed by atoms with Crippen LogP contribution in [0.3, 0.4) is 0 Å². The van der Waals surface area contributed by atoms with Crippen molar-refractivity contribution >= 4 is 38.4 Å². The second kappa shape index (κ2) is 7.90. The standard InChI is InChI=1S/C25H22N4O3S/c1-15-16(2)27-22-12-7-17(13-21(15)22)14-26-25(30)18-8-10-19(11-9-18)28-24-20-5-3-4-6-23(20)33(31,32)29-24/h3-13,27H,14H2,1-2H3,(H,26,30)(H,28,29). The summed E-state index contributed by atoms with van der Waals surface area (Å²) in [4.78, 5) is 16.2. The SMILES string of the molecule is Cc1[nH]c2ccc(CNC(=O)c3ccc(NC4=NS(=O)(=O)c5ccccc54)cc3)cc2c1C. The van der Waals surface area contributed by atoms with E-state index < -0.39 is 10.0 Å². The van der Waals surface area contributed by atoms with Crippen molar-refractivity contribution in [3.05, 3.63) is 94.7 Å². The molecule has 8 heteroatoms. The number of nitrogens with zero attached hydrogens (tertiary/aromatic N) is 1. The first-order valence-electron chi connectivity index (χ1n) is 10.5. The van der Waals surface area contributed by atoms with Gasteiger partial charge in [-0.05, 0) is 73.5 Å². The van der Waals surface area contributed by atoms with Crippen LogP contribution in [0.5, 0.6) is 0 Å². The summed E-state index contributed by atoms with van der Waals surface area (Å²) in [7, 11) is -3.69. The molecule has 1 aliphatic rings. The molecule has 1 aromatic heterocycles. The Hall–Kier alpha value is -3.91. The van der Waals surface area contributed by atoms with E-state index >= 15 is 0 Å². The van der Waals surface area contributed by atoms with Gasteiger partial charge in [-0.1, -0.05) is 18.2 Å². The minimum atomic E-state index is -3.69. The molecule has 1 aliphatic heterocycles. The van der Waals surface area contributed by atoms with Crippen molar-refractivity contribution in [2.24, 2.45) is 4.40 Å². The number of anilines is 1. The van der Waals surface area contributed by atoms with Gasteiger partial charge in [0.15, 0.2) is 5.84 Å². The second-order valence-corrected chi connectivity index (χ2v) is 9.62. The summed E-state index contributed by atoms with van der Waals surface area (Å²) in [5.74, 6) is 0.0863. The summed E-state index contributed by atoms with van der Waals surface area (Å²) in [6, 6.07) is 19.6. The van der Waals surface area contributed by atoms with Crippen molar-refractivity contribution < 1.29 is 13.2 Å². The maximum atomic E-state index is 12.6. The lowest BCUT2D eigenvalue weighted by atomic mass is 10.1. The summed E-state index contributed by atoms with van der Waals surface area (Å²) in [6.45, 7) is 4.55. The molecule has 1 amide bonds. The number of benzene rings is 3. The molecule has 2 heterocycles. The largest absolute Gasteiger partial charge is 0.358 e. The lowest BCUT2D eigenvalue weighted by Crippen LogP contribution is -2.22. The fourth-order valence-corrected chi connectivity index (χ4v) is 5.12. The number of amidine groups is 1. The first-order chi connectivity index (χ1) is 15.8. The summed E-state index contributed by atoms with van der Waals surface area (Å²) >= 11 is 0. The topological polar surface area (TPSA) is 103 Å². The van der Waals surface area contributed by atoms with Gasteiger partial charge in [0.1, 0.15) is 4.90 Å². The number of hydrogen-bond donors (Lipinski definition) is 3. The van der Waals surface area contributed by atoms with E-state index in [9.17, 15) is 13.2 Å². The van der Waals surface area contributed by atoms with Crippen LogP contribution in [0.2, 0.25) is 0 Å². The van der Waals surface area contributed by atoms with Crippen molar-refractivity contribution in [2.45, 2.75) is 25.3 Å². The maximum Gasteiger partial charge on any atom is 0.285 e. The first kappa shape index (κ1) is 21.0. The number of nitrogens with one attached hydrogen (secondary N) is 3. The fraction of sp³-hybridized carbons (Fsp3) is 0.120. The van der Waals surface area contributed by atoms with Gasteiger partial charge in [-0.25, -0.2) is 0 Å². The average molecular weight is 459 g/mol. The smallest absolute Gasteiger partial charge is 0.285 e. The summed E-state index contributed by atoms with van der Waals surface area (Å²) in [6.07, 6.45) is 0. The van der Waals surface area contributed by atoms with E-state index in [1.54, 1.807) is 42.5 Å². The molecule has 0 unspecified atom stereocenters. The first-order valence-corrected chi connectivity index (χ1v) is 11.9. The maximum absolute atomic E-state index is 12.6. The third kappa shape index (κ3) is 3.89. The molecule has 0 atom stereocenters. The van der Waals surface area contributed by atoms with Gasteiger partial charge in [0, 0.05) is 40.0 Å². The van der Waals surface area contributed by atoms with Gasteiger partial charge in [0.05, 0.1) is 0 Å². The zero-order valence-corrected chi connectivity index (χ0v) is 19.0. The highest BCUT2D eigenvalue weighted by Gasteiger charge is 2.28. The van der Waals surface area contributed by atoms with Crippen LogP contribution in [0.25, 0.3) is 10.9 Å². The monoisotopic (exact) mass is 458 g/mol. The highest BCUT2D eigenvalue weighted by atomic mass is 32.2. The van der Waals surface area contributed by atoms with Gasteiger partial charge in [0.2, 0.25) is 0 Å². The number of carbonyl (C=O) groups excluding carboxylic acids is 1. The zero-order chi connectivity index (χ0) is 23.2. The molecule has 166 valence electrons. The van der Waals surface area contributed by atoms with E-state index in [1.165, 1.54) is 11.6 Å². The van der Waals surface area contributed by atoms with Crippen LogP contribution in [0.4, 0.5) is 5.69 Å². The Bertz CT molecular complexity index is 1530. The van der Waals surface area contributed by atoms with E-state index in [2.05, 4.69) is 33.0 Å². The fourth-order valence-electron chi connectivity index (χ4n) is 3.94. The van der Waals surface area contributed by atoms with Gasteiger partial charge >= 0.3 is 0 Å². The molecule has 0 radical (unpaired) electrons. The number of aromatic amines is 1. The van der Waals surface area contributed by atoms with Crippen LogP contribution >= 0.6 is 0 Å². The van der Waals surface area contributed by atoms with Crippen molar-refractivity contribution in [3.8, 4) is 0 Å². The van der Waals surface area contributed by atoms with Crippen LogP contribution in [-0.4, -0.2) is 25.1 Å². The van der Waals surface area contributed by atoms with E-state index in [0.717, 1.165) is 22.2 Å². The van der Waals surface area contributed by atoms with Crippen LogP contribution in [0.15, 0.2) is 76.0 Å². The Morgan fingerprint density at radius 2 is 1.76 bits per heavy atom. The molecule has 33 heavy (non-hydrogen) atoms. The van der Waals surface area contributed by atoms with Gasteiger partial charge < -0.3 is 15.6 Å². The molecule has 0 bridgehead atoms. The van der Waals surface area contributed by atoms with Crippen LogP contribution in [-0.2, 0) is 16.6 Å². The number of sulfonamides is 1. The number of amides is 1. The van der Waals surface area contributed by atoms with E-state index in [1.807, 2.05) is 19.1 Å². The lowest BCUT2D eigenvalue weighted by Gasteiger charge is -2.09. The lowest BCUT2D eigenvalue weighted by molar-refractivity contribution is 0.0951. The average Bonchev–Trinajstić information content (AvgIpc) is 3.24. The van der Waals surface area contributed by atoms with Crippen molar-refractivity contribution in [1.82, 2.24) is 10.3 Å². The Kier molecular flexibility index (Phi) is 5.02. The molecule has 0 saturated carbocycles. The summed E-state index contributed by atoms with van der Waals surface area (Å²) < 4.78 is 28.2. The number of H-pyrrole nitrogens is 1. The normalized spacial score (nSPS) is 14.1. The van der Waals surface area contributed by atoms with Crippen LogP contribution in [0.1, 0.15) is 32.7 Å². The molecule has 0 saturated heterocycles. The van der Waals surface area contributed by atoms with E-state index in [4.69, 9.17) is 0 Å². The predicted octanol–water partition coefficient (Wildman–Crippen LogP) is 4.28. The molecule has 0 spiro atoms. The number of rotatable bonds is 4. The Morgan fingerprint density at radius 3 is 2.55 bits per heavy atom. The summed E-state index contributed by atoms with van der Waals surface area (Å²) in [5.41, 5.74) is 6.15. The van der Waals surface area contributed by atoms with Crippen molar-refractivity contribution in [1.29, 1.82) is 0 Å². The quantitative estimate of drug-likeness (QED) is 0.425. The minimum Gasteiger partial charge on any atom is -0.358 e. The molecule has 4 aromatic rings. The van der Waals surface area contributed by atoms with Gasteiger partial charge in [0.25, 0.3) is 15.9 Å². The minimum absolute atomic E-state index is 0.185. The summed E-state index contributed by atoms with van der Waals surface area (Å²) in [5, 5.41) is 7.15. The molecular formula is C25H22N4O3S. The third-order valence-corrected chi connectivity index (χ3v) is 7.20. The Labute approximate surface area is 191 Å². The Morgan fingerprint density at radius 1 is 1.00 bits per heavy atom. The predicted molar refractivity (Wildman–Crippen MR) is 129 cm³/mol. The van der Waals surface area contributed by atoms with Crippen LogP contribution < -0.4 is 10.6 Å². The highest BCUT2D eigenvalue weighted by Crippen LogP contribution is 2.27. The number of fused-ring (bicyclic) bond motifs is 2. The molecule has 0 fully saturated rings. The molecular weight excluding hydrogens is 436 g/mol. The van der Waals surface area contributed by atoms with Gasteiger partial charge in [-0.3, -0.25) is 4.79 Å². The van der Waals surface area contributed by atoms with Gasteiger partial charge in [-0.2, -0.15) is 8.42 Å². The van der Waals surface area contributed by atoms with E-state index in [0.29, 0.717) is 23.4 Å². The number of carbonyl (C=O) groups is 1. The van der Waals surface area contributed by atoms with Gasteiger partial charge in [-0.15, -0.1) is 4.40 Å². The molecule has 5 rings (SSSR count). The zero-order valence-electron chi connectivity index (χ0n) is 18.1. The molecule has 7 nitrogen and oxygen atoms in total. The van der Waals surface area contributed by atoms with Crippen LogP contribution in [0, 0.1) is 13.8 Å².